The van der Waals surface area contributed by atoms with Crippen LogP contribution in [-0.2, 0) is 0 Å². The molecule has 2 aromatic heterocycles. The molecule has 1 N–H and O–H groups in total. The van der Waals surface area contributed by atoms with Crippen molar-refractivity contribution in [3.8, 4) is 0 Å². The summed E-state index contributed by atoms with van der Waals surface area (Å²) in [6.45, 7) is 13.4. The Kier molecular flexibility index (Phi) is 3.47. The highest BCUT2D eigenvalue weighted by atomic mass is 14.8. The fourth-order valence-corrected chi connectivity index (χ4v) is 2.65. The van der Waals surface area contributed by atoms with E-state index < -0.39 is 0 Å². The predicted molar refractivity (Wildman–Crippen MR) is 78.4 cm³/mol. The minimum absolute atomic E-state index is 0.449. The number of H-pyrrole nitrogens is 1. The Morgan fingerprint density at radius 2 is 1.50 bits per heavy atom. The summed E-state index contributed by atoms with van der Waals surface area (Å²) in [5, 5.41) is 1.35. The summed E-state index contributed by atoms with van der Waals surface area (Å²) >= 11 is 0. The smallest absolute Gasteiger partial charge is 0.0678 e. The summed E-state index contributed by atoms with van der Waals surface area (Å²) in [6.07, 6.45) is 2.04. The molecule has 0 saturated carbocycles. The summed E-state index contributed by atoms with van der Waals surface area (Å²) in [4.78, 5) is 8.33. The molecule has 98 valence electrons. The Labute approximate surface area is 110 Å². The number of aromatic nitrogens is 2. The van der Waals surface area contributed by atoms with Crippen LogP contribution in [0.5, 0.6) is 0 Å². The minimum Gasteiger partial charge on any atom is -0.360 e. The van der Waals surface area contributed by atoms with Gasteiger partial charge in [0.2, 0.25) is 0 Å². The van der Waals surface area contributed by atoms with Gasteiger partial charge < -0.3 is 4.98 Å². The molecule has 0 unspecified atom stereocenters. The molecule has 0 saturated heterocycles. The summed E-state index contributed by atoms with van der Waals surface area (Å²) in [5.41, 5.74) is 5.09. The van der Waals surface area contributed by atoms with Crippen molar-refractivity contribution in [2.24, 2.45) is 0 Å². The summed E-state index contributed by atoms with van der Waals surface area (Å²) in [6, 6.07) is 2.20. The Bertz CT molecular complexity index is 547. The van der Waals surface area contributed by atoms with Crippen LogP contribution >= 0.6 is 0 Å². The van der Waals surface area contributed by atoms with Crippen molar-refractivity contribution < 1.29 is 0 Å². The van der Waals surface area contributed by atoms with Crippen LogP contribution in [0, 0.1) is 0 Å². The third-order valence-corrected chi connectivity index (χ3v) is 3.48. The van der Waals surface area contributed by atoms with E-state index in [0.29, 0.717) is 17.8 Å². The van der Waals surface area contributed by atoms with Gasteiger partial charge in [0.1, 0.15) is 0 Å². The van der Waals surface area contributed by atoms with Crippen LogP contribution in [0.15, 0.2) is 12.3 Å². The second-order valence-electron chi connectivity index (χ2n) is 6.03. The molecule has 0 radical (unpaired) electrons. The van der Waals surface area contributed by atoms with Crippen LogP contribution in [0.1, 0.15) is 76.2 Å². The van der Waals surface area contributed by atoms with Crippen LogP contribution in [0.2, 0.25) is 0 Å². The number of rotatable bonds is 3. The zero-order valence-corrected chi connectivity index (χ0v) is 12.3. The van der Waals surface area contributed by atoms with Gasteiger partial charge in [-0.25, -0.2) is 0 Å². The van der Waals surface area contributed by atoms with E-state index in [9.17, 15) is 0 Å². The van der Waals surface area contributed by atoms with Crippen LogP contribution in [-0.4, -0.2) is 9.97 Å². The van der Waals surface area contributed by atoms with E-state index in [4.69, 9.17) is 4.98 Å². The first-order valence-corrected chi connectivity index (χ1v) is 6.94. The number of nitrogens with zero attached hydrogens (tertiary/aromatic N) is 1. The number of hydrogen-bond donors (Lipinski definition) is 1. The standard InChI is InChI=1S/C16H24N2/c1-9(2)13-12-7-8-17-16(12)15(11(5)6)18-14(13)10(3)4/h7-11,17H,1-6H3. The monoisotopic (exact) mass is 244 g/mol. The first-order valence-electron chi connectivity index (χ1n) is 6.94. The highest BCUT2D eigenvalue weighted by Gasteiger charge is 2.20. The van der Waals surface area contributed by atoms with Gasteiger partial charge in [0, 0.05) is 17.3 Å². The first-order chi connectivity index (χ1) is 8.43. The second-order valence-corrected chi connectivity index (χ2v) is 6.03. The van der Waals surface area contributed by atoms with Crippen molar-refractivity contribution in [2.75, 3.05) is 0 Å². The van der Waals surface area contributed by atoms with E-state index in [0.717, 1.165) is 0 Å². The quantitative estimate of drug-likeness (QED) is 0.814. The summed E-state index contributed by atoms with van der Waals surface area (Å²) < 4.78 is 0. The van der Waals surface area contributed by atoms with Gasteiger partial charge in [-0.3, -0.25) is 4.98 Å². The van der Waals surface area contributed by atoms with Gasteiger partial charge in [-0.1, -0.05) is 41.5 Å². The average Bonchev–Trinajstić information content (AvgIpc) is 2.73. The van der Waals surface area contributed by atoms with Crippen molar-refractivity contribution >= 4 is 10.9 Å². The van der Waals surface area contributed by atoms with Gasteiger partial charge in [-0.05, 0) is 29.4 Å². The van der Waals surface area contributed by atoms with Gasteiger partial charge in [0.25, 0.3) is 0 Å². The third-order valence-electron chi connectivity index (χ3n) is 3.48. The fraction of sp³-hybridized carbons (Fsp3) is 0.562. The zero-order valence-electron chi connectivity index (χ0n) is 12.3. The fourth-order valence-electron chi connectivity index (χ4n) is 2.65. The molecular formula is C16H24N2. The second kappa shape index (κ2) is 4.75. The van der Waals surface area contributed by atoms with E-state index in [1.54, 1.807) is 0 Å². The normalized spacial score (nSPS) is 12.3. The molecule has 0 atom stereocenters. The molecule has 2 heteroatoms. The minimum atomic E-state index is 0.449. The lowest BCUT2D eigenvalue weighted by molar-refractivity contribution is 0.736. The Hall–Kier alpha value is -1.31. The van der Waals surface area contributed by atoms with Gasteiger partial charge in [0.05, 0.1) is 11.2 Å². The molecule has 2 rings (SSSR count). The molecule has 18 heavy (non-hydrogen) atoms. The lowest BCUT2D eigenvalue weighted by atomic mass is 9.90. The first kappa shape index (κ1) is 13.1. The molecule has 0 aliphatic carbocycles. The molecule has 0 aliphatic heterocycles. The van der Waals surface area contributed by atoms with E-state index in [2.05, 4.69) is 52.6 Å². The molecule has 0 amide bonds. The van der Waals surface area contributed by atoms with Gasteiger partial charge >= 0.3 is 0 Å². The van der Waals surface area contributed by atoms with E-state index >= 15 is 0 Å². The third kappa shape index (κ3) is 2.05. The molecule has 0 bridgehead atoms. The van der Waals surface area contributed by atoms with Gasteiger partial charge in [0.15, 0.2) is 0 Å². The van der Waals surface area contributed by atoms with E-state index in [-0.39, 0.29) is 0 Å². The van der Waals surface area contributed by atoms with E-state index in [1.807, 2.05) is 6.20 Å². The van der Waals surface area contributed by atoms with E-state index in [1.165, 1.54) is 27.9 Å². The summed E-state index contributed by atoms with van der Waals surface area (Å²) in [5.74, 6) is 1.43. The number of fused-ring (bicyclic) bond motifs is 1. The maximum Gasteiger partial charge on any atom is 0.0678 e. The topological polar surface area (TPSA) is 28.7 Å². The molecular weight excluding hydrogens is 220 g/mol. The van der Waals surface area contributed by atoms with Crippen LogP contribution in [0.3, 0.4) is 0 Å². The maximum absolute atomic E-state index is 4.96. The Balaban J connectivity index is 2.84. The van der Waals surface area contributed by atoms with Gasteiger partial charge in [-0.15, -0.1) is 0 Å². The molecule has 2 nitrogen and oxygen atoms in total. The Morgan fingerprint density at radius 1 is 0.889 bits per heavy atom. The van der Waals surface area contributed by atoms with Crippen molar-refractivity contribution in [3.63, 3.8) is 0 Å². The van der Waals surface area contributed by atoms with Crippen molar-refractivity contribution in [1.29, 1.82) is 0 Å². The zero-order chi connectivity index (χ0) is 13.4. The number of pyridine rings is 1. The van der Waals surface area contributed by atoms with Crippen molar-refractivity contribution in [2.45, 2.75) is 59.3 Å². The molecule has 2 heterocycles. The summed E-state index contributed by atoms with van der Waals surface area (Å²) in [7, 11) is 0. The molecule has 0 fully saturated rings. The van der Waals surface area contributed by atoms with Crippen molar-refractivity contribution in [1.82, 2.24) is 9.97 Å². The number of nitrogens with one attached hydrogen (secondary N) is 1. The predicted octanol–water partition coefficient (Wildman–Crippen LogP) is 4.93. The Morgan fingerprint density at radius 3 is 2.00 bits per heavy atom. The maximum atomic E-state index is 4.96. The largest absolute Gasteiger partial charge is 0.360 e. The average molecular weight is 244 g/mol. The molecule has 0 aromatic carbocycles. The highest BCUT2D eigenvalue weighted by molar-refractivity contribution is 5.86. The molecule has 0 aliphatic rings. The van der Waals surface area contributed by atoms with Crippen LogP contribution < -0.4 is 0 Å². The van der Waals surface area contributed by atoms with Gasteiger partial charge in [-0.2, -0.15) is 0 Å². The van der Waals surface area contributed by atoms with Crippen LogP contribution in [0.4, 0.5) is 0 Å². The highest BCUT2D eigenvalue weighted by Crippen LogP contribution is 2.34. The number of hydrogen-bond acceptors (Lipinski definition) is 1. The SMILES string of the molecule is CC(C)c1nc(C(C)C)c2[nH]ccc2c1C(C)C. The van der Waals surface area contributed by atoms with Crippen LogP contribution in [0.25, 0.3) is 10.9 Å². The number of aromatic amines is 1. The lowest BCUT2D eigenvalue weighted by Crippen LogP contribution is -2.07. The molecule has 0 spiro atoms. The lowest BCUT2D eigenvalue weighted by Gasteiger charge is -2.19. The van der Waals surface area contributed by atoms with Crippen molar-refractivity contribution in [3.05, 3.63) is 29.2 Å². The molecule has 2 aromatic rings.